The fourth-order valence-corrected chi connectivity index (χ4v) is 3.79. The Morgan fingerprint density at radius 3 is 2.78 bits per heavy atom. The fraction of sp³-hybridized carbons (Fsp3) is 0.875. The van der Waals surface area contributed by atoms with Crippen molar-refractivity contribution in [2.75, 3.05) is 6.54 Å². The van der Waals surface area contributed by atoms with Gasteiger partial charge in [0.15, 0.2) is 0 Å². The van der Waals surface area contributed by atoms with Crippen LogP contribution in [0.25, 0.3) is 0 Å². The topological polar surface area (TPSA) is 42.7 Å². The van der Waals surface area contributed by atoms with Crippen LogP contribution < -0.4 is 5.32 Å². The van der Waals surface area contributed by atoms with Gasteiger partial charge >= 0.3 is 6.18 Å². The molecule has 1 N–H and O–H groups in total. The van der Waals surface area contributed by atoms with Crippen LogP contribution in [0, 0.1) is 5.92 Å². The SMILES string of the molecule is FC(F)(F)[C@@H]1CCC[C@@H](NCCc2nnc3n2CCCCC3)C1. The number of aromatic nitrogens is 3. The zero-order valence-electron chi connectivity index (χ0n) is 13.4. The van der Waals surface area contributed by atoms with Crippen molar-refractivity contribution in [3.63, 3.8) is 0 Å². The Labute approximate surface area is 134 Å². The van der Waals surface area contributed by atoms with Gasteiger partial charge in [0.05, 0.1) is 5.92 Å². The number of alkyl halides is 3. The Kier molecular flexibility index (Phi) is 5.24. The van der Waals surface area contributed by atoms with Crippen LogP contribution in [-0.2, 0) is 19.4 Å². The summed E-state index contributed by atoms with van der Waals surface area (Å²) in [6.45, 7) is 1.64. The highest BCUT2D eigenvalue weighted by atomic mass is 19.4. The van der Waals surface area contributed by atoms with Crippen LogP contribution in [0.2, 0.25) is 0 Å². The largest absolute Gasteiger partial charge is 0.391 e. The smallest absolute Gasteiger partial charge is 0.315 e. The normalized spacial score (nSPS) is 25.9. The minimum Gasteiger partial charge on any atom is -0.315 e. The maximum atomic E-state index is 12.8. The monoisotopic (exact) mass is 330 g/mol. The Morgan fingerprint density at radius 1 is 1.09 bits per heavy atom. The summed E-state index contributed by atoms with van der Waals surface area (Å²) < 4.78 is 40.7. The Morgan fingerprint density at radius 2 is 1.96 bits per heavy atom. The van der Waals surface area contributed by atoms with Crippen molar-refractivity contribution < 1.29 is 13.2 Å². The van der Waals surface area contributed by atoms with Gasteiger partial charge in [0.25, 0.3) is 0 Å². The summed E-state index contributed by atoms with van der Waals surface area (Å²) in [5, 5.41) is 11.8. The van der Waals surface area contributed by atoms with Gasteiger partial charge in [-0.15, -0.1) is 10.2 Å². The van der Waals surface area contributed by atoms with E-state index in [1.807, 2.05) is 0 Å². The fourth-order valence-electron chi connectivity index (χ4n) is 3.79. The molecule has 0 amide bonds. The maximum absolute atomic E-state index is 12.8. The molecular weight excluding hydrogens is 305 g/mol. The van der Waals surface area contributed by atoms with E-state index < -0.39 is 12.1 Å². The molecule has 0 unspecified atom stereocenters. The van der Waals surface area contributed by atoms with E-state index in [0.717, 1.165) is 50.3 Å². The summed E-state index contributed by atoms with van der Waals surface area (Å²) in [6.07, 6.45) is 3.19. The third-order valence-corrected chi connectivity index (χ3v) is 5.10. The lowest BCUT2D eigenvalue weighted by Crippen LogP contribution is -2.39. The second kappa shape index (κ2) is 7.20. The number of hydrogen-bond donors (Lipinski definition) is 1. The van der Waals surface area contributed by atoms with E-state index in [-0.39, 0.29) is 18.9 Å². The lowest BCUT2D eigenvalue weighted by molar-refractivity contribution is -0.183. The van der Waals surface area contributed by atoms with Gasteiger partial charge in [-0.05, 0) is 32.1 Å². The predicted molar refractivity (Wildman–Crippen MR) is 81.1 cm³/mol. The molecule has 3 rings (SSSR count). The molecule has 130 valence electrons. The molecule has 0 spiro atoms. The van der Waals surface area contributed by atoms with Gasteiger partial charge in [-0.3, -0.25) is 0 Å². The third-order valence-electron chi connectivity index (χ3n) is 5.10. The third kappa shape index (κ3) is 4.25. The van der Waals surface area contributed by atoms with Crippen molar-refractivity contribution in [3.8, 4) is 0 Å². The minimum atomic E-state index is -4.05. The van der Waals surface area contributed by atoms with Gasteiger partial charge in [-0.1, -0.05) is 12.8 Å². The van der Waals surface area contributed by atoms with E-state index in [1.165, 1.54) is 6.42 Å². The van der Waals surface area contributed by atoms with Crippen LogP contribution in [0.5, 0.6) is 0 Å². The summed E-state index contributed by atoms with van der Waals surface area (Å²) in [5.74, 6) is 0.892. The number of nitrogens with one attached hydrogen (secondary N) is 1. The van der Waals surface area contributed by atoms with Crippen LogP contribution >= 0.6 is 0 Å². The zero-order valence-corrected chi connectivity index (χ0v) is 13.4. The number of rotatable bonds is 4. The zero-order chi connectivity index (χ0) is 16.3. The summed E-state index contributed by atoms with van der Waals surface area (Å²) in [5.41, 5.74) is 0. The molecule has 2 heterocycles. The lowest BCUT2D eigenvalue weighted by Gasteiger charge is -2.31. The molecule has 23 heavy (non-hydrogen) atoms. The first-order valence-electron chi connectivity index (χ1n) is 8.75. The molecule has 0 saturated heterocycles. The van der Waals surface area contributed by atoms with Crippen molar-refractivity contribution in [1.29, 1.82) is 0 Å². The highest BCUT2D eigenvalue weighted by molar-refractivity contribution is 4.98. The summed E-state index contributed by atoms with van der Waals surface area (Å²) >= 11 is 0. The van der Waals surface area contributed by atoms with Crippen LogP contribution in [0.3, 0.4) is 0 Å². The molecule has 0 radical (unpaired) electrons. The predicted octanol–water partition coefficient (Wildman–Crippen LogP) is 3.26. The second-order valence-electron chi connectivity index (χ2n) is 6.80. The van der Waals surface area contributed by atoms with E-state index in [4.69, 9.17) is 0 Å². The highest BCUT2D eigenvalue weighted by Crippen LogP contribution is 2.37. The average molecular weight is 330 g/mol. The number of nitrogens with zero attached hydrogens (tertiary/aromatic N) is 3. The second-order valence-corrected chi connectivity index (χ2v) is 6.80. The molecule has 1 aromatic heterocycles. The highest BCUT2D eigenvalue weighted by Gasteiger charge is 2.41. The van der Waals surface area contributed by atoms with Gasteiger partial charge < -0.3 is 9.88 Å². The minimum absolute atomic E-state index is 0.0260. The molecule has 1 saturated carbocycles. The van der Waals surface area contributed by atoms with Crippen LogP contribution in [-0.4, -0.2) is 33.5 Å². The van der Waals surface area contributed by atoms with Crippen LogP contribution in [0.4, 0.5) is 13.2 Å². The van der Waals surface area contributed by atoms with Crippen LogP contribution in [0.15, 0.2) is 0 Å². The van der Waals surface area contributed by atoms with E-state index in [1.54, 1.807) is 0 Å². The van der Waals surface area contributed by atoms with E-state index in [9.17, 15) is 13.2 Å². The quantitative estimate of drug-likeness (QED) is 0.921. The molecule has 0 bridgehead atoms. The first-order valence-corrected chi connectivity index (χ1v) is 8.75. The van der Waals surface area contributed by atoms with E-state index in [0.29, 0.717) is 13.0 Å². The van der Waals surface area contributed by atoms with Crippen molar-refractivity contribution in [2.45, 2.75) is 76.6 Å². The standard InChI is InChI=1S/C16H25F3N4/c17-16(18,19)12-5-4-6-13(11-12)20-9-8-15-22-21-14-7-2-1-3-10-23(14)15/h12-13,20H,1-11H2/t12-,13-/m1/s1. The molecule has 1 fully saturated rings. The Balaban J connectivity index is 1.49. The summed E-state index contributed by atoms with van der Waals surface area (Å²) in [6, 6.07) is -0.0260. The van der Waals surface area contributed by atoms with Crippen LogP contribution in [0.1, 0.15) is 56.6 Å². The van der Waals surface area contributed by atoms with Crippen molar-refractivity contribution in [1.82, 2.24) is 20.1 Å². The maximum Gasteiger partial charge on any atom is 0.391 e. The number of hydrogen-bond acceptors (Lipinski definition) is 3. The molecule has 0 aromatic carbocycles. The number of halogens is 3. The average Bonchev–Trinajstić information content (AvgIpc) is 2.75. The van der Waals surface area contributed by atoms with E-state index in [2.05, 4.69) is 20.1 Å². The molecule has 4 nitrogen and oxygen atoms in total. The number of fused-ring (bicyclic) bond motifs is 1. The van der Waals surface area contributed by atoms with Gasteiger partial charge in [0.1, 0.15) is 11.6 Å². The van der Waals surface area contributed by atoms with E-state index >= 15 is 0 Å². The first-order chi connectivity index (χ1) is 11.0. The molecule has 1 aromatic rings. The summed E-state index contributed by atoms with van der Waals surface area (Å²) in [4.78, 5) is 0. The molecule has 1 aliphatic heterocycles. The van der Waals surface area contributed by atoms with Crippen molar-refractivity contribution in [2.24, 2.45) is 5.92 Å². The van der Waals surface area contributed by atoms with Crippen molar-refractivity contribution in [3.05, 3.63) is 11.6 Å². The van der Waals surface area contributed by atoms with Crippen molar-refractivity contribution >= 4 is 0 Å². The molecule has 1 aliphatic carbocycles. The van der Waals surface area contributed by atoms with Gasteiger partial charge in [0.2, 0.25) is 0 Å². The Hall–Kier alpha value is -1.11. The summed E-state index contributed by atoms with van der Waals surface area (Å²) in [7, 11) is 0. The Bertz CT molecular complexity index is 512. The molecule has 2 aliphatic rings. The molecular formula is C16H25F3N4. The van der Waals surface area contributed by atoms with Gasteiger partial charge in [-0.25, -0.2) is 0 Å². The molecule has 2 atom stereocenters. The first kappa shape index (κ1) is 16.7. The van der Waals surface area contributed by atoms with Gasteiger partial charge in [-0.2, -0.15) is 13.2 Å². The van der Waals surface area contributed by atoms with Gasteiger partial charge in [0, 0.05) is 32.0 Å². The molecule has 7 heteroatoms. The lowest BCUT2D eigenvalue weighted by atomic mass is 9.85. The number of aryl methyl sites for hydroxylation is 1.